The molecule has 1 aromatic carbocycles. The van der Waals surface area contributed by atoms with E-state index in [9.17, 15) is 0 Å². The summed E-state index contributed by atoms with van der Waals surface area (Å²) in [4.78, 5) is 2.53. The Labute approximate surface area is 116 Å². The predicted molar refractivity (Wildman–Crippen MR) is 80.0 cm³/mol. The highest BCUT2D eigenvalue weighted by atomic mass is 16.5. The van der Waals surface area contributed by atoms with Crippen molar-refractivity contribution in [3.8, 4) is 5.75 Å². The fourth-order valence-corrected chi connectivity index (χ4v) is 2.46. The van der Waals surface area contributed by atoms with Gasteiger partial charge in [-0.25, -0.2) is 0 Å². The predicted octanol–water partition coefficient (Wildman–Crippen LogP) is 2.37. The molecule has 0 unspecified atom stereocenters. The molecule has 1 aliphatic rings. The second-order valence-electron chi connectivity index (χ2n) is 5.42. The molecule has 1 N–H and O–H groups in total. The van der Waals surface area contributed by atoms with Crippen LogP contribution in [0.5, 0.6) is 5.75 Å². The minimum Gasteiger partial charge on any atom is -0.493 e. The molecule has 0 spiro atoms. The van der Waals surface area contributed by atoms with Crippen LogP contribution in [0.15, 0.2) is 18.2 Å². The van der Waals surface area contributed by atoms with E-state index in [-0.39, 0.29) is 0 Å². The van der Waals surface area contributed by atoms with Gasteiger partial charge in [0.25, 0.3) is 0 Å². The smallest absolute Gasteiger partial charge is 0.122 e. The molecule has 3 nitrogen and oxygen atoms in total. The SMILES string of the molecule is Cc1ccc(C)c(OCCCN2CCCNCC2)c1. The molecule has 1 aromatic rings. The second-order valence-corrected chi connectivity index (χ2v) is 5.42. The highest BCUT2D eigenvalue weighted by Crippen LogP contribution is 2.19. The molecule has 19 heavy (non-hydrogen) atoms. The summed E-state index contributed by atoms with van der Waals surface area (Å²) in [5.74, 6) is 1.04. The van der Waals surface area contributed by atoms with Gasteiger partial charge in [-0.1, -0.05) is 12.1 Å². The van der Waals surface area contributed by atoms with E-state index in [2.05, 4.69) is 42.3 Å². The lowest BCUT2D eigenvalue weighted by Crippen LogP contribution is -2.29. The number of hydrogen-bond acceptors (Lipinski definition) is 3. The Morgan fingerprint density at radius 3 is 3.00 bits per heavy atom. The average molecular weight is 262 g/mol. The summed E-state index contributed by atoms with van der Waals surface area (Å²) in [6.07, 6.45) is 2.37. The Bertz CT molecular complexity index is 384. The number of rotatable bonds is 5. The number of nitrogens with one attached hydrogen (secondary N) is 1. The molecule has 1 saturated heterocycles. The minimum absolute atomic E-state index is 0.814. The first-order chi connectivity index (χ1) is 9.25. The fraction of sp³-hybridized carbons (Fsp3) is 0.625. The van der Waals surface area contributed by atoms with Crippen molar-refractivity contribution < 1.29 is 4.74 Å². The number of benzene rings is 1. The summed E-state index contributed by atoms with van der Waals surface area (Å²) < 4.78 is 5.90. The van der Waals surface area contributed by atoms with Gasteiger partial charge in [-0.05, 0) is 57.0 Å². The monoisotopic (exact) mass is 262 g/mol. The van der Waals surface area contributed by atoms with Gasteiger partial charge in [-0.3, -0.25) is 0 Å². The van der Waals surface area contributed by atoms with E-state index in [1.807, 2.05) is 0 Å². The van der Waals surface area contributed by atoms with Crippen LogP contribution >= 0.6 is 0 Å². The lowest BCUT2D eigenvalue weighted by molar-refractivity contribution is 0.243. The molecule has 0 saturated carbocycles. The average Bonchev–Trinajstić information content (AvgIpc) is 2.67. The van der Waals surface area contributed by atoms with Crippen LogP contribution in [0, 0.1) is 13.8 Å². The van der Waals surface area contributed by atoms with Crippen molar-refractivity contribution in [3.05, 3.63) is 29.3 Å². The summed E-state index contributed by atoms with van der Waals surface area (Å²) in [5, 5.41) is 3.43. The van der Waals surface area contributed by atoms with Gasteiger partial charge in [-0.15, -0.1) is 0 Å². The van der Waals surface area contributed by atoms with Crippen LogP contribution in [0.25, 0.3) is 0 Å². The molecular formula is C16H26N2O. The molecular weight excluding hydrogens is 236 g/mol. The maximum Gasteiger partial charge on any atom is 0.122 e. The van der Waals surface area contributed by atoms with Crippen molar-refractivity contribution in [2.75, 3.05) is 39.3 Å². The van der Waals surface area contributed by atoms with Crippen LogP contribution in [0.4, 0.5) is 0 Å². The quantitative estimate of drug-likeness (QED) is 0.825. The van der Waals surface area contributed by atoms with Gasteiger partial charge in [0, 0.05) is 19.6 Å². The van der Waals surface area contributed by atoms with E-state index in [0.29, 0.717) is 0 Å². The number of hydrogen-bond donors (Lipinski definition) is 1. The minimum atomic E-state index is 0.814. The molecule has 1 heterocycles. The highest BCUT2D eigenvalue weighted by molar-refractivity contribution is 5.35. The summed E-state index contributed by atoms with van der Waals surface area (Å²) in [7, 11) is 0. The molecule has 2 rings (SSSR count). The van der Waals surface area contributed by atoms with Crippen molar-refractivity contribution >= 4 is 0 Å². The van der Waals surface area contributed by atoms with Gasteiger partial charge < -0.3 is 15.0 Å². The maximum absolute atomic E-state index is 5.90. The molecule has 1 fully saturated rings. The standard InChI is InChI=1S/C16H26N2O/c1-14-5-6-15(2)16(13-14)19-12-4-10-18-9-3-7-17-8-11-18/h5-6,13,17H,3-4,7-12H2,1-2H3. The van der Waals surface area contributed by atoms with Gasteiger partial charge >= 0.3 is 0 Å². The lowest BCUT2D eigenvalue weighted by Gasteiger charge is -2.19. The Balaban J connectivity index is 1.69. The maximum atomic E-state index is 5.90. The third-order valence-corrected chi connectivity index (χ3v) is 3.65. The molecule has 0 aromatic heterocycles. The normalized spacial score (nSPS) is 17.2. The van der Waals surface area contributed by atoms with Gasteiger partial charge in [0.2, 0.25) is 0 Å². The molecule has 0 atom stereocenters. The van der Waals surface area contributed by atoms with E-state index in [4.69, 9.17) is 4.74 Å². The number of ether oxygens (including phenoxy) is 1. The van der Waals surface area contributed by atoms with Crippen LogP contribution in [0.3, 0.4) is 0 Å². The Kier molecular flexibility index (Phi) is 5.67. The van der Waals surface area contributed by atoms with Crippen molar-refractivity contribution in [2.45, 2.75) is 26.7 Å². The Morgan fingerprint density at radius 1 is 1.21 bits per heavy atom. The third kappa shape index (κ3) is 4.84. The molecule has 0 radical (unpaired) electrons. The molecule has 0 aliphatic carbocycles. The molecule has 106 valence electrons. The van der Waals surface area contributed by atoms with Gasteiger partial charge in [0.15, 0.2) is 0 Å². The molecule has 3 heteroatoms. The second kappa shape index (κ2) is 7.51. The van der Waals surface area contributed by atoms with Crippen molar-refractivity contribution in [3.63, 3.8) is 0 Å². The van der Waals surface area contributed by atoms with E-state index < -0.39 is 0 Å². The summed E-state index contributed by atoms with van der Waals surface area (Å²) in [6, 6.07) is 6.39. The third-order valence-electron chi connectivity index (χ3n) is 3.65. The first kappa shape index (κ1) is 14.4. The Hall–Kier alpha value is -1.06. The summed E-state index contributed by atoms with van der Waals surface area (Å²) in [5.41, 5.74) is 2.49. The van der Waals surface area contributed by atoms with Crippen LogP contribution < -0.4 is 10.1 Å². The van der Waals surface area contributed by atoms with Crippen molar-refractivity contribution in [2.24, 2.45) is 0 Å². The van der Waals surface area contributed by atoms with E-state index in [0.717, 1.165) is 38.4 Å². The largest absolute Gasteiger partial charge is 0.493 e. The van der Waals surface area contributed by atoms with Gasteiger partial charge in [0.1, 0.15) is 5.75 Å². The van der Waals surface area contributed by atoms with E-state index in [1.165, 1.54) is 30.6 Å². The first-order valence-electron chi connectivity index (χ1n) is 7.39. The molecule has 0 amide bonds. The fourth-order valence-electron chi connectivity index (χ4n) is 2.46. The van der Waals surface area contributed by atoms with E-state index >= 15 is 0 Å². The van der Waals surface area contributed by atoms with Crippen molar-refractivity contribution in [1.82, 2.24) is 10.2 Å². The first-order valence-corrected chi connectivity index (χ1v) is 7.39. The molecule has 1 aliphatic heterocycles. The van der Waals surface area contributed by atoms with Crippen LogP contribution in [-0.2, 0) is 0 Å². The topological polar surface area (TPSA) is 24.5 Å². The summed E-state index contributed by atoms with van der Waals surface area (Å²) in [6.45, 7) is 10.8. The van der Waals surface area contributed by atoms with Gasteiger partial charge in [-0.2, -0.15) is 0 Å². The zero-order valence-electron chi connectivity index (χ0n) is 12.2. The van der Waals surface area contributed by atoms with Gasteiger partial charge in [0.05, 0.1) is 6.61 Å². The Morgan fingerprint density at radius 2 is 2.11 bits per heavy atom. The zero-order valence-corrected chi connectivity index (χ0v) is 12.2. The van der Waals surface area contributed by atoms with Crippen LogP contribution in [-0.4, -0.2) is 44.2 Å². The number of aryl methyl sites for hydroxylation is 2. The van der Waals surface area contributed by atoms with Crippen LogP contribution in [0.1, 0.15) is 24.0 Å². The van der Waals surface area contributed by atoms with E-state index in [1.54, 1.807) is 0 Å². The number of nitrogens with zero attached hydrogens (tertiary/aromatic N) is 1. The van der Waals surface area contributed by atoms with Crippen molar-refractivity contribution in [1.29, 1.82) is 0 Å². The summed E-state index contributed by atoms with van der Waals surface area (Å²) >= 11 is 0. The molecule has 0 bridgehead atoms. The lowest BCUT2D eigenvalue weighted by atomic mass is 10.1. The van der Waals surface area contributed by atoms with Crippen LogP contribution in [0.2, 0.25) is 0 Å². The zero-order chi connectivity index (χ0) is 13.5. The highest BCUT2D eigenvalue weighted by Gasteiger charge is 2.08.